The standard InChI is InChI=1S/C14H27N3/c1-16(13-4-2-3-5-13)14(11-15)7-9-17-8-6-12(14)10-17/h12-13H,2-11,15H2,1H3. The Hall–Kier alpha value is -0.120. The van der Waals surface area contributed by atoms with E-state index in [4.69, 9.17) is 5.73 Å². The molecule has 3 heteroatoms. The fourth-order valence-corrected chi connectivity index (χ4v) is 4.56. The lowest BCUT2D eigenvalue weighted by Crippen LogP contribution is -2.63. The van der Waals surface area contributed by atoms with E-state index in [1.165, 1.54) is 58.2 Å². The van der Waals surface area contributed by atoms with Crippen molar-refractivity contribution in [1.82, 2.24) is 9.80 Å². The summed E-state index contributed by atoms with van der Waals surface area (Å²) >= 11 is 0. The van der Waals surface area contributed by atoms with Gasteiger partial charge in [0.25, 0.3) is 0 Å². The van der Waals surface area contributed by atoms with Crippen molar-refractivity contribution in [2.24, 2.45) is 11.7 Å². The van der Waals surface area contributed by atoms with Crippen LogP contribution in [0.25, 0.3) is 0 Å². The SMILES string of the molecule is CN(C1CCCC1)C1(CN)CCN2CCC1C2. The average molecular weight is 237 g/mol. The Morgan fingerprint density at radius 3 is 2.71 bits per heavy atom. The zero-order chi connectivity index (χ0) is 11.9. The first-order valence-corrected chi connectivity index (χ1v) is 7.41. The third-order valence-corrected chi connectivity index (χ3v) is 5.82. The van der Waals surface area contributed by atoms with Crippen LogP contribution in [-0.2, 0) is 0 Å². The predicted octanol–water partition coefficient (Wildman–Crippen LogP) is 1.28. The number of likely N-dealkylation sites (N-methyl/N-ethyl adjacent to an activating group) is 1. The Bertz CT molecular complexity index is 275. The summed E-state index contributed by atoms with van der Waals surface area (Å²) in [7, 11) is 2.36. The van der Waals surface area contributed by atoms with Gasteiger partial charge in [-0.3, -0.25) is 4.90 Å². The van der Waals surface area contributed by atoms with E-state index in [1.807, 2.05) is 0 Å². The molecule has 3 rings (SSSR count). The minimum Gasteiger partial charge on any atom is -0.329 e. The Balaban J connectivity index is 1.80. The molecule has 98 valence electrons. The smallest absolute Gasteiger partial charge is 0.0384 e. The quantitative estimate of drug-likeness (QED) is 0.803. The van der Waals surface area contributed by atoms with E-state index >= 15 is 0 Å². The topological polar surface area (TPSA) is 32.5 Å². The Morgan fingerprint density at radius 2 is 2.00 bits per heavy atom. The van der Waals surface area contributed by atoms with Crippen LogP contribution in [0.2, 0.25) is 0 Å². The van der Waals surface area contributed by atoms with E-state index in [0.717, 1.165) is 18.5 Å². The molecule has 0 aromatic carbocycles. The highest BCUT2D eigenvalue weighted by atomic mass is 15.3. The number of nitrogens with zero attached hydrogens (tertiary/aromatic N) is 2. The van der Waals surface area contributed by atoms with Gasteiger partial charge in [0.15, 0.2) is 0 Å². The lowest BCUT2D eigenvalue weighted by atomic mass is 9.76. The molecule has 3 nitrogen and oxygen atoms in total. The maximum atomic E-state index is 6.23. The molecule has 2 aliphatic heterocycles. The maximum absolute atomic E-state index is 6.23. The van der Waals surface area contributed by atoms with Gasteiger partial charge in [-0.15, -0.1) is 0 Å². The molecular weight excluding hydrogens is 210 g/mol. The summed E-state index contributed by atoms with van der Waals surface area (Å²) in [6.45, 7) is 4.74. The molecular formula is C14H27N3. The molecule has 0 spiro atoms. The van der Waals surface area contributed by atoms with Gasteiger partial charge in [-0.25, -0.2) is 0 Å². The maximum Gasteiger partial charge on any atom is 0.0384 e. The molecule has 3 unspecified atom stereocenters. The molecule has 1 saturated carbocycles. The van der Waals surface area contributed by atoms with Gasteiger partial charge in [-0.05, 0) is 51.7 Å². The van der Waals surface area contributed by atoms with Gasteiger partial charge in [-0.1, -0.05) is 12.8 Å². The molecule has 3 aliphatic rings. The van der Waals surface area contributed by atoms with Crippen LogP contribution >= 0.6 is 0 Å². The van der Waals surface area contributed by atoms with Crippen molar-refractivity contribution in [3.05, 3.63) is 0 Å². The van der Waals surface area contributed by atoms with Gasteiger partial charge in [0.2, 0.25) is 0 Å². The predicted molar refractivity (Wildman–Crippen MR) is 71.0 cm³/mol. The molecule has 17 heavy (non-hydrogen) atoms. The van der Waals surface area contributed by atoms with Gasteiger partial charge < -0.3 is 10.6 Å². The van der Waals surface area contributed by atoms with Crippen LogP contribution in [0.15, 0.2) is 0 Å². The second-order valence-electron chi connectivity index (χ2n) is 6.39. The molecule has 0 amide bonds. The Morgan fingerprint density at radius 1 is 1.24 bits per heavy atom. The highest BCUT2D eigenvalue weighted by Crippen LogP contribution is 2.41. The van der Waals surface area contributed by atoms with Crippen molar-refractivity contribution in [2.45, 2.75) is 50.1 Å². The zero-order valence-corrected chi connectivity index (χ0v) is 11.2. The molecule has 2 N–H and O–H groups in total. The summed E-state index contributed by atoms with van der Waals surface area (Å²) in [5.74, 6) is 0.826. The molecule has 3 fully saturated rings. The summed E-state index contributed by atoms with van der Waals surface area (Å²) in [5, 5.41) is 0. The summed E-state index contributed by atoms with van der Waals surface area (Å²) < 4.78 is 0. The number of piperidine rings is 1. The van der Waals surface area contributed by atoms with Crippen molar-refractivity contribution in [2.75, 3.05) is 33.2 Å². The largest absolute Gasteiger partial charge is 0.329 e. The molecule has 2 saturated heterocycles. The summed E-state index contributed by atoms with van der Waals surface area (Å²) in [6.07, 6.45) is 8.30. The fraction of sp³-hybridized carbons (Fsp3) is 1.00. The first kappa shape index (κ1) is 11.9. The highest BCUT2D eigenvalue weighted by Gasteiger charge is 2.49. The highest BCUT2D eigenvalue weighted by molar-refractivity contribution is 5.06. The third-order valence-electron chi connectivity index (χ3n) is 5.82. The number of hydrogen-bond acceptors (Lipinski definition) is 3. The lowest BCUT2D eigenvalue weighted by molar-refractivity contribution is -0.000754. The van der Waals surface area contributed by atoms with Crippen LogP contribution in [0.5, 0.6) is 0 Å². The van der Waals surface area contributed by atoms with Crippen LogP contribution in [-0.4, -0.2) is 54.6 Å². The summed E-state index contributed by atoms with van der Waals surface area (Å²) in [5.41, 5.74) is 6.55. The van der Waals surface area contributed by atoms with Gasteiger partial charge in [-0.2, -0.15) is 0 Å². The Labute approximate surface area is 105 Å². The van der Waals surface area contributed by atoms with Crippen molar-refractivity contribution in [3.63, 3.8) is 0 Å². The minimum atomic E-state index is 0.321. The van der Waals surface area contributed by atoms with Gasteiger partial charge in [0.05, 0.1) is 0 Å². The molecule has 2 bridgehead atoms. The van der Waals surface area contributed by atoms with Crippen molar-refractivity contribution in [1.29, 1.82) is 0 Å². The van der Waals surface area contributed by atoms with Crippen molar-refractivity contribution in [3.8, 4) is 0 Å². The summed E-state index contributed by atoms with van der Waals surface area (Å²) in [6, 6.07) is 0.811. The van der Waals surface area contributed by atoms with Gasteiger partial charge in [0, 0.05) is 24.7 Å². The van der Waals surface area contributed by atoms with E-state index in [1.54, 1.807) is 0 Å². The van der Waals surface area contributed by atoms with Crippen molar-refractivity contribution < 1.29 is 0 Å². The number of rotatable bonds is 3. The van der Waals surface area contributed by atoms with Crippen LogP contribution in [0.1, 0.15) is 38.5 Å². The molecule has 1 aliphatic carbocycles. The van der Waals surface area contributed by atoms with Crippen LogP contribution in [0, 0.1) is 5.92 Å². The van der Waals surface area contributed by atoms with Crippen LogP contribution in [0.4, 0.5) is 0 Å². The Kier molecular flexibility index (Phi) is 3.18. The average Bonchev–Trinajstić information content (AvgIpc) is 3.00. The van der Waals surface area contributed by atoms with E-state index in [9.17, 15) is 0 Å². The molecule has 0 radical (unpaired) electrons. The molecule has 2 heterocycles. The lowest BCUT2D eigenvalue weighted by Gasteiger charge is -2.51. The van der Waals surface area contributed by atoms with E-state index in [0.29, 0.717) is 5.54 Å². The van der Waals surface area contributed by atoms with E-state index < -0.39 is 0 Å². The number of fused-ring (bicyclic) bond motifs is 2. The fourth-order valence-electron chi connectivity index (χ4n) is 4.56. The number of hydrogen-bond donors (Lipinski definition) is 1. The second kappa shape index (κ2) is 4.52. The zero-order valence-electron chi connectivity index (χ0n) is 11.2. The molecule has 0 aromatic rings. The molecule has 0 aromatic heterocycles. The number of nitrogens with two attached hydrogens (primary N) is 1. The monoisotopic (exact) mass is 237 g/mol. The van der Waals surface area contributed by atoms with Gasteiger partial charge in [0.1, 0.15) is 0 Å². The van der Waals surface area contributed by atoms with Crippen LogP contribution < -0.4 is 5.73 Å². The second-order valence-corrected chi connectivity index (χ2v) is 6.39. The molecule has 3 atom stereocenters. The van der Waals surface area contributed by atoms with Gasteiger partial charge >= 0.3 is 0 Å². The van der Waals surface area contributed by atoms with Crippen LogP contribution in [0.3, 0.4) is 0 Å². The van der Waals surface area contributed by atoms with E-state index in [2.05, 4.69) is 16.8 Å². The van der Waals surface area contributed by atoms with Crippen molar-refractivity contribution >= 4 is 0 Å². The first-order valence-electron chi connectivity index (χ1n) is 7.41. The normalized spacial score (nSPS) is 42.5. The first-order chi connectivity index (χ1) is 8.26. The third kappa shape index (κ3) is 1.83. The summed E-state index contributed by atoms with van der Waals surface area (Å²) in [4.78, 5) is 5.33. The minimum absolute atomic E-state index is 0.321. The van der Waals surface area contributed by atoms with E-state index in [-0.39, 0.29) is 0 Å².